The molecule has 17 heavy (non-hydrogen) atoms. The predicted octanol–water partition coefficient (Wildman–Crippen LogP) is 0.578. The number of alkyl carbamates (subject to hydrolysis) is 1. The topological polar surface area (TPSA) is 84.9 Å². The average molecular weight is 237 g/mol. The van der Waals surface area contributed by atoms with E-state index in [0.29, 0.717) is 11.3 Å². The fourth-order valence-corrected chi connectivity index (χ4v) is 1.62. The second-order valence-electron chi connectivity index (χ2n) is 3.56. The van der Waals surface area contributed by atoms with E-state index in [-0.39, 0.29) is 12.2 Å². The Bertz CT molecular complexity index is 471. The third-order valence-corrected chi connectivity index (χ3v) is 2.47. The molecular formula is C11H11NO5. The SMILES string of the molecule is COc1cccc(CC2OC(=O)NC2=O)c1O. The van der Waals surface area contributed by atoms with Gasteiger partial charge in [0, 0.05) is 12.0 Å². The van der Waals surface area contributed by atoms with Crippen molar-refractivity contribution in [2.45, 2.75) is 12.5 Å². The fourth-order valence-electron chi connectivity index (χ4n) is 1.62. The van der Waals surface area contributed by atoms with Crippen LogP contribution in [0.5, 0.6) is 11.5 Å². The Kier molecular flexibility index (Phi) is 2.86. The summed E-state index contributed by atoms with van der Waals surface area (Å²) in [4.78, 5) is 22.1. The Labute approximate surface area is 97.1 Å². The van der Waals surface area contributed by atoms with Gasteiger partial charge in [-0.25, -0.2) is 4.79 Å². The van der Waals surface area contributed by atoms with Crippen molar-refractivity contribution in [2.75, 3.05) is 7.11 Å². The molecular weight excluding hydrogens is 226 g/mol. The number of benzene rings is 1. The van der Waals surface area contributed by atoms with Crippen LogP contribution in [0.4, 0.5) is 4.79 Å². The Balaban J connectivity index is 2.19. The van der Waals surface area contributed by atoms with Gasteiger partial charge in [0.15, 0.2) is 17.6 Å². The molecule has 0 radical (unpaired) electrons. The molecule has 0 aliphatic carbocycles. The molecule has 0 aromatic heterocycles. The summed E-state index contributed by atoms with van der Waals surface area (Å²) in [6, 6.07) is 4.92. The minimum Gasteiger partial charge on any atom is -0.504 e. The first-order valence-electron chi connectivity index (χ1n) is 4.98. The zero-order valence-electron chi connectivity index (χ0n) is 9.10. The number of phenolic OH excluding ortho intramolecular Hbond substituents is 1. The largest absolute Gasteiger partial charge is 0.504 e. The van der Waals surface area contributed by atoms with Crippen molar-refractivity contribution < 1.29 is 24.2 Å². The Morgan fingerprint density at radius 1 is 1.47 bits per heavy atom. The Morgan fingerprint density at radius 3 is 2.82 bits per heavy atom. The number of aromatic hydroxyl groups is 1. The number of carbonyl (C=O) groups is 2. The van der Waals surface area contributed by atoms with Gasteiger partial charge >= 0.3 is 6.09 Å². The van der Waals surface area contributed by atoms with Crippen molar-refractivity contribution in [3.8, 4) is 11.5 Å². The van der Waals surface area contributed by atoms with Crippen LogP contribution in [0.2, 0.25) is 0 Å². The first-order valence-corrected chi connectivity index (χ1v) is 4.98. The highest BCUT2D eigenvalue weighted by molar-refractivity contribution is 6.00. The molecule has 1 aliphatic rings. The number of rotatable bonds is 3. The van der Waals surface area contributed by atoms with Gasteiger partial charge in [-0.2, -0.15) is 0 Å². The van der Waals surface area contributed by atoms with E-state index in [9.17, 15) is 14.7 Å². The minimum atomic E-state index is -0.902. The molecule has 0 spiro atoms. The fraction of sp³-hybridized carbons (Fsp3) is 0.273. The molecule has 2 rings (SSSR count). The number of para-hydroxylation sites is 1. The monoisotopic (exact) mass is 237 g/mol. The van der Waals surface area contributed by atoms with Crippen LogP contribution >= 0.6 is 0 Å². The summed E-state index contributed by atoms with van der Waals surface area (Å²) in [5.74, 6) is -0.241. The zero-order valence-corrected chi connectivity index (χ0v) is 9.10. The van der Waals surface area contributed by atoms with Gasteiger partial charge in [0.2, 0.25) is 0 Å². The third-order valence-electron chi connectivity index (χ3n) is 2.47. The quantitative estimate of drug-likeness (QED) is 0.803. The van der Waals surface area contributed by atoms with E-state index < -0.39 is 18.1 Å². The molecule has 1 aromatic carbocycles. The number of hydrogen-bond acceptors (Lipinski definition) is 5. The van der Waals surface area contributed by atoms with Crippen molar-refractivity contribution in [2.24, 2.45) is 0 Å². The molecule has 6 nitrogen and oxygen atoms in total. The standard InChI is InChI=1S/C11H11NO5/c1-16-7-4-2-3-6(9(7)13)5-8-10(14)12-11(15)17-8/h2-4,8,13H,5H2,1H3,(H,12,14,15). The van der Waals surface area contributed by atoms with Gasteiger partial charge < -0.3 is 14.6 Å². The number of nitrogens with one attached hydrogen (secondary N) is 1. The van der Waals surface area contributed by atoms with Gasteiger partial charge in [-0.3, -0.25) is 10.1 Å². The number of methoxy groups -OCH3 is 1. The molecule has 90 valence electrons. The summed E-state index contributed by atoms with van der Waals surface area (Å²) < 4.78 is 9.69. The number of hydrogen-bond donors (Lipinski definition) is 2. The van der Waals surface area contributed by atoms with Crippen LogP contribution in [0.15, 0.2) is 18.2 Å². The summed E-state index contributed by atoms with van der Waals surface area (Å²) in [6.07, 6.45) is -1.55. The number of ether oxygens (including phenoxy) is 2. The van der Waals surface area contributed by atoms with Gasteiger partial charge in [-0.05, 0) is 6.07 Å². The lowest BCUT2D eigenvalue weighted by atomic mass is 10.1. The second-order valence-corrected chi connectivity index (χ2v) is 3.56. The van der Waals surface area contributed by atoms with E-state index in [1.165, 1.54) is 7.11 Å². The molecule has 0 bridgehead atoms. The molecule has 6 heteroatoms. The molecule has 2 N–H and O–H groups in total. The van der Waals surface area contributed by atoms with E-state index in [4.69, 9.17) is 9.47 Å². The van der Waals surface area contributed by atoms with Crippen LogP contribution in [-0.2, 0) is 16.0 Å². The molecule has 2 amide bonds. The van der Waals surface area contributed by atoms with E-state index in [1.54, 1.807) is 18.2 Å². The first kappa shape index (κ1) is 11.3. The summed E-state index contributed by atoms with van der Waals surface area (Å²) >= 11 is 0. The van der Waals surface area contributed by atoms with Crippen molar-refractivity contribution >= 4 is 12.0 Å². The Morgan fingerprint density at radius 2 is 2.24 bits per heavy atom. The summed E-state index contributed by atoms with van der Waals surface area (Å²) in [5, 5.41) is 11.8. The lowest BCUT2D eigenvalue weighted by molar-refractivity contribution is -0.123. The number of imide groups is 1. The van der Waals surface area contributed by atoms with Crippen molar-refractivity contribution in [3.05, 3.63) is 23.8 Å². The number of cyclic esters (lactones) is 1. The Hall–Kier alpha value is -2.24. The van der Waals surface area contributed by atoms with E-state index in [1.807, 2.05) is 5.32 Å². The minimum absolute atomic E-state index is 0.0502. The molecule has 1 aliphatic heterocycles. The number of phenols is 1. The van der Waals surface area contributed by atoms with E-state index >= 15 is 0 Å². The molecule has 1 fully saturated rings. The van der Waals surface area contributed by atoms with Crippen LogP contribution in [0.1, 0.15) is 5.56 Å². The summed E-state index contributed by atoms with van der Waals surface area (Å²) in [7, 11) is 1.43. The van der Waals surface area contributed by atoms with Crippen LogP contribution in [0.25, 0.3) is 0 Å². The smallest absolute Gasteiger partial charge is 0.414 e. The third kappa shape index (κ3) is 2.15. The van der Waals surface area contributed by atoms with Gasteiger partial charge in [0.05, 0.1) is 7.11 Å². The molecule has 1 heterocycles. The molecule has 1 saturated heterocycles. The summed E-state index contributed by atoms with van der Waals surface area (Å²) in [6.45, 7) is 0. The van der Waals surface area contributed by atoms with Crippen LogP contribution < -0.4 is 10.1 Å². The van der Waals surface area contributed by atoms with E-state index in [2.05, 4.69) is 0 Å². The van der Waals surface area contributed by atoms with Crippen molar-refractivity contribution in [3.63, 3.8) is 0 Å². The van der Waals surface area contributed by atoms with Crippen molar-refractivity contribution in [1.29, 1.82) is 0 Å². The van der Waals surface area contributed by atoms with Crippen LogP contribution in [0, 0.1) is 0 Å². The second kappa shape index (κ2) is 4.32. The van der Waals surface area contributed by atoms with Gasteiger partial charge in [0.1, 0.15) is 0 Å². The maximum atomic E-state index is 11.3. The van der Waals surface area contributed by atoms with Gasteiger partial charge in [-0.15, -0.1) is 0 Å². The van der Waals surface area contributed by atoms with Crippen LogP contribution in [0.3, 0.4) is 0 Å². The average Bonchev–Trinajstić information content (AvgIpc) is 2.60. The number of amides is 2. The van der Waals surface area contributed by atoms with E-state index in [0.717, 1.165) is 0 Å². The number of carbonyl (C=O) groups excluding carboxylic acids is 2. The highest BCUT2D eigenvalue weighted by atomic mass is 16.6. The molecule has 1 unspecified atom stereocenters. The highest BCUT2D eigenvalue weighted by Crippen LogP contribution is 2.30. The van der Waals surface area contributed by atoms with Gasteiger partial charge in [0.25, 0.3) is 5.91 Å². The van der Waals surface area contributed by atoms with Crippen molar-refractivity contribution in [1.82, 2.24) is 5.32 Å². The molecule has 0 saturated carbocycles. The van der Waals surface area contributed by atoms with Gasteiger partial charge in [-0.1, -0.05) is 12.1 Å². The highest BCUT2D eigenvalue weighted by Gasteiger charge is 2.32. The molecule has 1 atom stereocenters. The maximum Gasteiger partial charge on any atom is 0.414 e. The predicted molar refractivity (Wildman–Crippen MR) is 56.8 cm³/mol. The normalized spacial score (nSPS) is 18.8. The first-order chi connectivity index (χ1) is 8.11. The lowest BCUT2D eigenvalue weighted by Gasteiger charge is -2.10. The van der Waals surface area contributed by atoms with Crippen LogP contribution in [-0.4, -0.2) is 30.3 Å². The molecule has 1 aromatic rings. The lowest BCUT2D eigenvalue weighted by Crippen LogP contribution is -2.25. The zero-order chi connectivity index (χ0) is 12.4. The summed E-state index contributed by atoms with van der Waals surface area (Å²) in [5.41, 5.74) is 0.485. The maximum absolute atomic E-state index is 11.3.